The van der Waals surface area contributed by atoms with Crippen LogP contribution in [0, 0.1) is 0 Å². The van der Waals surface area contributed by atoms with Gasteiger partial charge >= 0.3 is 0 Å². The first kappa shape index (κ1) is 24.5. The quantitative estimate of drug-likeness (QED) is 0.262. The molecule has 1 fully saturated rings. The Bertz CT molecular complexity index is 671. The predicted octanol–water partition coefficient (Wildman–Crippen LogP) is 2.56. The molecule has 1 aliphatic carbocycles. The molecule has 0 amide bonds. The van der Waals surface area contributed by atoms with Crippen molar-refractivity contribution >= 4 is 51.7 Å². The fraction of sp³-hybridized carbons (Fsp3) is 0.611. The summed E-state index contributed by atoms with van der Waals surface area (Å²) in [6.07, 6.45) is 5.63. The Hall–Kier alpha value is -0.520. The molecule has 1 saturated carbocycles. The summed E-state index contributed by atoms with van der Waals surface area (Å²) in [6.45, 7) is 3.31. The van der Waals surface area contributed by atoms with Crippen molar-refractivity contribution in [3.63, 3.8) is 0 Å². The van der Waals surface area contributed by atoms with Gasteiger partial charge in [-0.1, -0.05) is 30.3 Å². The number of aliphatic imine (C=N–C) groups is 1. The molecule has 2 atom stereocenters. The van der Waals surface area contributed by atoms with Crippen LogP contribution >= 0.6 is 35.7 Å². The van der Waals surface area contributed by atoms with Gasteiger partial charge in [-0.2, -0.15) is 11.8 Å². The number of rotatable bonds is 9. The number of halogens is 1. The van der Waals surface area contributed by atoms with Crippen LogP contribution in [0.5, 0.6) is 0 Å². The SMILES string of the molecule is CCNC(=NCCS(=O)(=O)NCc1ccccc1)NC1CCC(SC)C1.I. The van der Waals surface area contributed by atoms with Crippen LogP contribution < -0.4 is 15.4 Å². The molecule has 0 aromatic heterocycles. The Kier molecular flexibility index (Phi) is 11.7. The van der Waals surface area contributed by atoms with E-state index in [0.29, 0.717) is 23.8 Å². The topological polar surface area (TPSA) is 82.6 Å². The molecule has 1 aromatic carbocycles. The molecular formula is C18H31IN4O2S2. The van der Waals surface area contributed by atoms with Crippen molar-refractivity contribution in [3.05, 3.63) is 35.9 Å². The third-order valence-electron chi connectivity index (χ3n) is 4.37. The zero-order valence-corrected chi connectivity index (χ0v) is 19.9. The van der Waals surface area contributed by atoms with Gasteiger partial charge in [0, 0.05) is 24.4 Å². The summed E-state index contributed by atoms with van der Waals surface area (Å²) in [5.41, 5.74) is 0.944. The van der Waals surface area contributed by atoms with E-state index in [1.54, 1.807) is 0 Å². The van der Waals surface area contributed by atoms with Crippen molar-refractivity contribution in [2.24, 2.45) is 4.99 Å². The average Bonchev–Trinajstić information content (AvgIpc) is 3.09. The summed E-state index contributed by atoms with van der Waals surface area (Å²) in [7, 11) is -3.35. The van der Waals surface area contributed by atoms with E-state index in [1.165, 1.54) is 6.42 Å². The molecule has 1 aromatic rings. The van der Waals surface area contributed by atoms with Crippen molar-refractivity contribution in [3.8, 4) is 0 Å². The van der Waals surface area contributed by atoms with Gasteiger partial charge in [-0.15, -0.1) is 24.0 Å². The molecule has 2 rings (SSSR count). The second-order valence-corrected chi connectivity index (χ2v) is 9.46. The Morgan fingerprint density at radius 2 is 2.00 bits per heavy atom. The summed E-state index contributed by atoms with van der Waals surface area (Å²) in [5, 5.41) is 7.35. The second-order valence-electron chi connectivity index (χ2n) is 6.40. The van der Waals surface area contributed by atoms with Gasteiger partial charge in [0.05, 0.1) is 12.3 Å². The van der Waals surface area contributed by atoms with E-state index in [4.69, 9.17) is 0 Å². The number of hydrogen-bond acceptors (Lipinski definition) is 4. The highest BCUT2D eigenvalue weighted by Crippen LogP contribution is 2.27. The molecule has 6 nitrogen and oxygen atoms in total. The summed E-state index contributed by atoms with van der Waals surface area (Å²) >= 11 is 1.91. The van der Waals surface area contributed by atoms with Crippen LogP contribution in [0.1, 0.15) is 31.7 Å². The van der Waals surface area contributed by atoms with Gasteiger partial charge in [-0.3, -0.25) is 4.99 Å². The molecule has 9 heteroatoms. The number of benzene rings is 1. The second kappa shape index (κ2) is 12.8. The normalized spacial score (nSPS) is 20.1. The molecular weight excluding hydrogens is 495 g/mol. The first-order chi connectivity index (χ1) is 12.5. The van der Waals surface area contributed by atoms with Gasteiger partial charge in [-0.05, 0) is 38.0 Å². The molecule has 0 heterocycles. The minimum atomic E-state index is -3.35. The van der Waals surface area contributed by atoms with Crippen LogP contribution in [0.2, 0.25) is 0 Å². The summed E-state index contributed by atoms with van der Waals surface area (Å²) in [4.78, 5) is 4.44. The Morgan fingerprint density at radius 1 is 1.26 bits per heavy atom. The van der Waals surface area contributed by atoms with Gasteiger partial charge in [0.2, 0.25) is 10.0 Å². The maximum atomic E-state index is 12.1. The third kappa shape index (κ3) is 9.49. The number of nitrogens with one attached hydrogen (secondary N) is 3. The number of thioether (sulfide) groups is 1. The lowest BCUT2D eigenvalue weighted by atomic mass is 10.2. The highest BCUT2D eigenvalue weighted by Gasteiger charge is 2.24. The molecule has 0 bridgehead atoms. The standard InChI is InChI=1S/C18H30N4O2S2.HI/c1-3-19-18(22-16-9-10-17(13-16)25-2)20-11-12-26(23,24)21-14-15-7-5-4-6-8-15;/h4-8,16-17,21H,3,9-14H2,1-2H3,(H2,19,20,22);1H. The van der Waals surface area contributed by atoms with Gasteiger partial charge in [0.1, 0.15) is 0 Å². The number of hydrogen-bond donors (Lipinski definition) is 3. The lowest BCUT2D eigenvalue weighted by Gasteiger charge is -2.17. The monoisotopic (exact) mass is 526 g/mol. The highest BCUT2D eigenvalue weighted by molar-refractivity contribution is 14.0. The fourth-order valence-corrected chi connectivity index (χ4v) is 4.60. The summed E-state index contributed by atoms with van der Waals surface area (Å²) in [5.74, 6) is 0.687. The van der Waals surface area contributed by atoms with Gasteiger partial charge in [0.25, 0.3) is 0 Å². The van der Waals surface area contributed by atoms with E-state index in [9.17, 15) is 8.42 Å². The highest BCUT2D eigenvalue weighted by atomic mass is 127. The third-order valence-corrected chi connectivity index (χ3v) is 6.77. The maximum Gasteiger partial charge on any atom is 0.213 e. The van der Waals surface area contributed by atoms with E-state index in [0.717, 1.165) is 24.9 Å². The van der Waals surface area contributed by atoms with E-state index >= 15 is 0 Å². The number of guanidine groups is 1. The van der Waals surface area contributed by atoms with Crippen LogP contribution in [-0.2, 0) is 16.6 Å². The zero-order valence-electron chi connectivity index (χ0n) is 16.0. The molecule has 0 saturated heterocycles. The van der Waals surface area contributed by atoms with Crippen LogP contribution in [0.25, 0.3) is 0 Å². The van der Waals surface area contributed by atoms with E-state index < -0.39 is 10.0 Å². The first-order valence-corrected chi connectivity index (χ1v) is 12.1. The molecule has 3 N–H and O–H groups in total. The van der Waals surface area contributed by atoms with Crippen molar-refractivity contribution in [2.75, 3.05) is 25.1 Å². The lowest BCUT2D eigenvalue weighted by Crippen LogP contribution is -2.43. The van der Waals surface area contributed by atoms with E-state index in [-0.39, 0.29) is 36.3 Å². The zero-order chi connectivity index (χ0) is 18.8. The Balaban J connectivity index is 0.00000364. The molecule has 1 aliphatic rings. The van der Waals surface area contributed by atoms with Crippen LogP contribution in [0.15, 0.2) is 35.3 Å². The van der Waals surface area contributed by atoms with Crippen molar-refractivity contribution < 1.29 is 8.42 Å². The van der Waals surface area contributed by atoms with Crippen LogP contribution in [0.3, 0.4) is 0 Å². The largest absolute Gasteiger partial charge is 0.357 e. The van der Waals surface area contributed by atoms with E-state index in [1.807, 2.05) is 49.0 Å². The Morgan fingerprint density at radius 3 is 2.63 bits per heavy atom. The molecule has 0 aliphatic heterocycles. The van der Waals surface area contributed by atoms with Crippen molar-refractivity contribution in [2.45, 2.75) is 44.0 Å². The average molecular weight is 527 g/mol. The van der Waals surface area contributed by atoms with Crippen LogP contribution in [-0.4, -0.2) is 50.8 Å². The van der Waals surface area contributed by atoms with Gasteiger partial charge in [0.15, 0.2) is 5.96 Å². The van der Waals surface area contributed by atoms with E-state index in [2.05, 4.69) is 26.6 Å². The molecule has 154 valence electrons. The molecule has 2 unspecified atom stereocenters. The number of nitrogens with zero attached hydrogens (tertiary/aromatic N) is 1. The maximum absolute atomic E-state index is 12.1. The summed E-state index contributed by atoms with van der Waals surface area (Å²) < 4.78 is 26.9. The molecule has 0 radical (unpaired) electrons. The number of sulfonamides is 1. The van der Waals surface area contributed by atoms with Crippen LogP contribution in [0.4, 0.5) is 0 Å². The van der Waals surface area contributed by atoms with Crippen molar-refractivity contribution in [1.29, 1.82) is 0 Å². The first-order valence-electron chi connectivity index (χ1n) is 9.11. The predicted molar refractivity (Wildman–Crippen MR) is 127 cm³/mol. The lowest BCUT2D eigenvalue weighted by molar-refractivity contribution is 0.580. The summed E-state index contributed by atoms with van der Waals surface area (Å²) in [6, 6.07) is 9.92. The Labute approximate surface area is 184 Å². The van der Waals surface area contributed by atoms with Gasteiger partial charge in [-0.25, -0.2) is 13.1 Å². The van der Waals surface area contributed by atoms with Crippen molar-refractivity contribution in [1.82, 2.24) is 15.4 Å². The minimum absolute atomic E-state index is 0. The smallest absolute Gasteiger partial charge is 0.213 e. The fourth-order valence-electron chi connectivity index (χ4n) is 2.94. The molecule has 0 spiro atoms. The minimum Gasteiger partial charge on any atom is -0.357 e. The van der Waals surface area contributed by atoms with Gasteiger partial charge < -0.3 is 10.6 Å². The molecule has 27 heavy (non-hydrogen) atoms.